The van der Waals surface area contributed by atoms with E-state index in [-0.39, 0.29) is 10.8 Å². The van der Waals surface area contributed by atoms with Gasteiger partial charge in [-0.3, -0.25) is 0 Å². The lowest BCUT2D eigenvalue weighted by molar-refractivity contribution is 0.652. The van der Waals surface area contributed by atoms with Crippen LogP contribution in [0.3, 0.4) is 0 Å². The molecule has 2 aliphatic carbocycles. The Hall–Kier alpha value is -6.24. The number of benzene rings is 10. The van der Waals surface area contributed by atoms with Crippen LogP contribution in [0.5, 0.6) is 0 Å². The first-order valence-corrected chi connectivity index (χ1v) is 19.3. The van der Waals surface area contributed by atoms with Crippen LogP contribution in [0.1, 0.15) is 49.9 Å². The summed E-state index contributed by atoms with van der Waals surface area (Å²) in [5.41, 5.74) is 13.5. The zero-order chi connectivity index (χ0) is 36.1. The second-order valence-electron chi connectivity index (χ2n) is 16.8. The summed E-state index contributed by atoms with van der Waals surface area (Å²) in [5.74, 6) is 0. The predicted molar refractivity (Wildman–Crippen MR) is 232 cm³/mol. The molecule has 2 aliphatic rings. The van der Waals surface area contributed by atoms with Crippen molar-refractivity contribution in [2.75, 3.05) is 0 Å². The zero-order valence-electron chi connectivity index (χ0n) is 31.0. The average molecular weight is 687 g/mol. The van der Waals surface area contributed by atoms with Crippen molar-refractivity contribution < 1.29 is 0 Å². The van der Waals surface area contributed by atoms with Crippen LogP contribution in [-0.2, 0) is 10.8 Å². The second kappa shape index (κ2) is 10.2. The van der Waals surface area contributed by atoms with Crippen molar-refractivity contribution in [3.8, 4) is 33.4 Å². The number of hydrogen-bond acceptors (Lipinski definition) is 0. The molecule has 0 radical (unpaired) electrons. The third-order valence-electron chi connectivity index (χ3n) is 13.4. The minimum Gasteiger partial charge on any atom is -0.0616 e. The Morgan fingerprint density at radius 2 is 0.667 bits per heavy atom. The first-order chi connectivity index (χ1) is 26.3. The van der Waals surface area contributed by atoms with Crippen molar-refractivity contribution in [3.63, 3.8) is 0 Å². The second-order valence-corrected chi connectivity index (χ2v) is 16.8. The van der Waals surface area contributed by atoms with Gasteiger partial charge in [-0.2, -0.15) is 0 Å². The topological polar surface area (TPSA) is 0 Å². The van der Waals surface area contributed by atoms with Gasteiger partial charge in [0.15, 0.2) is 0 Å². The number of fused-ring (bicyclic) bond motifs is 17. The molecule has 0 saturated heterocycles. The van der Waals surface area contributed by atoms with E-state index in [1.54, 1.807) is 0 Å². The highest BCUT2D eigenvalue weighted by atomic mass is 14.4. The molecule has 0 bridgehead atoms. The van der Waals surface area contributed by atoms with Crippen molar-refractivity contribution >= 4 is 64.6 Å². The van der Waals surface area contributed by atoms with Crippen molar-refractivity contribution in [3.05, 3.63) is 180 Å². The van der Waals surface area contributed by atoms with Gasteiger partial charge in [0.25, 0.3) is 0 Å². The van der Waals surface area contributed by atoms with Gasteiger partial charge in [-0.1, -0.05) is 149 Å². The fraction of sp³-hybridized carbons (Fsp3) is 0.111. The maximum Gasteiger partial charge on any atom is 0.0159 e. The number of rotatable bonds is 1. The van der Waals surface area contributed by atoms with Crippen LogP contribution in [0.25, 0.3) is 98.0 Å². The molecule has 0 N–H and O–H groups in total. The van der Waals surface area contributed by atoms with E-state index in [0.717, 1.165) is 0 Å². The molecular weight excluding hydrogens is 649 g/mol. The van der Waals surface area contributed by atoms with Crippen LogP contribution in [-0.4, -0.2) is 0 Å². The Morgan fingerprint density at radius 3 is 1.31 bits per heavy atom. The van der Waals surface area contributed by atoms with Crippen LogP contribution in [0.4, 0.5) is 0 Å². The standard InChI is InChI=1S/C54H38/c1-53(2)49-25-32(42-26-43-33-14-6-5-13-31(33)21-23-40(43)36-17-7-10-18-37(36)42)22-24-41(49)47-29-52-48(30-51(47)53)46-27-44-38-19-11-8-15-34(38)35-16-9-12-20-39(35)45(44)28-50(46)54(52,3)4/h5-30H,1-4H3. The Kier molecular flexibility index (Phi) is 5.74. The molecular formula is C54H38. The van der Waals surface area contributed by atoms with Crippen LogP contribution < -0.4 is 0 Å². The molecule has 0 amide bonds. The zero-order valence-corrected chi connectivity index (χ0v) is 31.0. The summed E-state index contributed by atoms with van der Waals surface area (Å²) in [6.07, 6.45) is 0. The highest BCUT2D eigenvalue weighted by Crippen LogP contribution is 2.57. The van der Waals surface area contributed by atoms with Gasteiger partial charge in [0.2, 0.25) is 0 Å². The summed E-state index contributed by atoms with van der Waals surface area (Å²) in [6, 6.07) is 60.1. The third-order valence-corrected chi connectivity index (χ3v) is 13.4. The molecule has 10 aromatic rings. The monoisotopic (exact) mass is 686 g/mol. The minimum atomic E-state index is -0.151. The fourth-order valence-corrected chi connectivity index (χ4v) is 10.6. The van der Waals surface area contributed by atoms with Gasteiger partial charge < -0.3 is 0 Å². The molecule has 54 heavy (non-hydrogen) atoms. The Balaban J connectivity index is 1.06. The summed E-state index contributed by atoms with van der Waals surface area (Å²) < 4.78 is 0. The molecule has 0 unspecified atom stereocenters. The molecule has 0 nitrogen and oxygen atoms in total. The lowest BCUT2D eigenvalue weighted by Gasteiger charge is -2.24. The summed E-state index contributed by atoms with van der Waals surface area (Å²) in [7, 11) is 0. The molecule has 12 rings (SSSR count). The fourth-order valence-electron chi connectivity index (χ4n) is 10.6. The van der Waals surface area contributed by atoms with Gasteiger partial charge in [-0.05, 0) is 157 Å². The van der Waals surface area contributed by atoms with E-state index in [2.05, 4.69) is 185 Å². The van der Waals surface area contributed by atoms with Gasteiger partial charge in [-0.25, -0.2) is 0 Å². The highest BCUT2D eigenvalue weighted by Gasteiger charge is 2.42. The van der Waals surface area contributed by atoms with E-state index in [0.29, 0.717) is 0 Å². The first kappa shape index (κ1) is 30.2. The maximum atomic E-state index is 2.56. The molecule has 0 spiro atoms. The summed E-state index contributed by atoms with van der Waals surface area (Å²) in [4.78, 5) is 0. The Bertz CT molecular complexity index is 3320. The molecule has 10 aromatic carbocycles. The number of hydrogen-bond donors (Lipinski definition) is 0. The van der Waals surface area contributed by atoms with Gasteiger partial charge in [0.05, 0.1) is 0 Å². The molecule has 0 heterocycles. The Labute approximate surface area is 315 Å². The van der Waals surface area contributed by atoms with Crippen molar-refractivity contribution in [1.82, 2.24) is 0 Å². The van der Waals surface area contributed by atoms with Crippen molar-refractivity contribution in [2.45, 2.75) is 38.5 Å². The quantitative estimate of drug-likeness (QED) is 0.151. The minimum absolute atomic E-state index is 0.125. The Morgan fingerprint density at radius 1 is 0.259 bits per heavy atom. The van der Waals surface area contributed by atoms with E-state index >= 15 is 0 Å². The largest absolute Gasteiger partial charge is 0.0616 e. The van der Waals surface area contributed by atoms with Crippen LogP contribution >= 0.6 is 0 Å². The molecule has 0 fully saturated rings. The SMILES string of the molecule is CC1(C)c2cc(-c3cc4c5ccccc5ccc4c4ccccc34)ccc2-c2cc3c(cc21)-c1cc2c4ccccc4c4ccccc4c2cc1C3(C)C. The van der Waals surface area contributed by atoms with Crippen molar-refractivity contribution in [1.29, 1.82) is 0 Å². The van der Waals surface area contributed by atoms with Crippen LogP contribution in [0.2, 0.25) is 0 Å². The smallest absolute Gasteiger partial charge is 0.0159 e. The molecule has 0 aromatic heterocycles. The normalized spacial score (nSPS) is 15.0. The van der Waals surface area contributed by atoms with E-state index < -0.39 is 0 Å². The van der Waals surface area contributed by atoms with Gasteiger partial charge in [-0.15, -0.1) is 0 Å². The van der Waals surface area contributed by atoms with Crippen molar-refractivity contribution in [2.24, 2.45) is 0 Å². The maximum absolute atomic E-state index is 2.56. The molecule has 0 aliphatic heterocycles. The van der Waals surface area contributed by atoms with E-state index in [4.69, 9.17) is 0 Å². The first-order valence-electron chi connectivity index (χ1n) is 19.3. The third kappa shape index (κ3) is 3.78. The van der Waals surface area contributed by atoms with Crippen LogP contribution in [0.15, 0.2) is 158 Å². The van der Waals surface area contributed by atoms with E-state index in [1.165, 1.54) is 120 Å². The van der Waals surface area contributed by atoms with Gasteiger partial charge in [0.1, 0.15) is 0 Å². The van der Waals surface area contributed by atoms with Gasteiger partial charge in [0, 0.05) is 10.8 Å². The molecule has 254 valence electrons. The summed E-state index contributed by atoms with van der Waals surface area (Å²) in [5, 5.41) is 15.8. The van der Waals surface area contributed by atoms with E-state index in [9.17, 15) is 0 Å². The summed E-state index contributed by atoms with van der Waals surface area (Å²) >= 11 is 0. The predicted octanol–water partition coefficient (Wildman–Crippen LogP) is 14.9. The lowest BCUT2D eigenvalue weighted by atomic mass is 9.78. The highest BCUT2D eigenvalue weighted by molar-refractivity contribution is 6.26. The molecule has 0 atom stereocenters. The summed E-state index contributed by atoms with van der Waals surface area (Å²) in [6.45, 7) is 9.72. The molecule has 0 heteroatoms. The van der Waals surface area contributed by atoms with Gasteiger partial charge >= 0.3 is 0 Å². The molecule has 0 saturated carbocycles. The average Bonchev–Trinajstić information content (AvgIpc) is 3.57. The van der Waals surface area contributed by atoms with Crippen LogP contribution in [0, 0.1) is 0 Å². The van der Waals surface area contributed by atoms with E-state index in [1.807, 2.05) is 0 Å². The lowest BCUT2D eigenvalue weighted by Crippen LogP contribution is -2.17.